The van der Waals surface area contributed by atoms with Crippen LogP contribution in [0.4, 0.5) is 10.1 Å². The van der Waals surface area contributed by atoms with Crippen molar-refractivity contribution >= 4 is 22.5 Å². The largest absolute Gasteiger partial charge is 0.384 e. The number of hydrogen-bond acceptors (Lipinski definition) is 3. The SMILES string of the molecule is O=C(NCCCCCCCCNc1c2c(nc3ccccc13)CCCC2)c1ccc(F)cc1. The molecule has 0 atom stereocenters. The molecule has 2 aromatic carbocycles. The molecule has 3 aromatic rings. The second-order valence-corrected chi connectivity index (χ2v) is 8.95. The quantitative estimate of drug-likeness (QED) is 0.333. The Balaban J connectivity index is 1.12. The van der Waals surface area contributed by atoms with Gasteiger partial charge in [-0.25, -0.2) is 4.39 Å². The lowest BCUT2D eigenvalue weighted by molar-refractivity contribution is 0.0953. The van der Waals surface area contributed by atoms with E-state index in [4.69, 9.17) is 4.98 Å². The number of pyridine rings is 1. The number of aryl methyl sites for hydroxylation is 1. The van der Waals surface area contributed by atoms with Crippen LogP contribution in [0.3, 0.4) is 0 Å². The Morgan fingerprint density at radius 2 is 1.55 bits per heavy atom. The molecule has 4 rings (SSSR count). The summed E-state index contributed by atoms with van der Waals surface area (Å²) in [6.45, 7) is 1.66. The molecule has 0 bridgehead atoms. The standard InChI is InChI=1S/C28H34FN3O/c29-22-17-15-21(16-18-22)28(33)31-20-10-4-2-1-3-9-19-30-27-23-11-5-7-13-25(23)32-26-14-8-6-12-24(26)27/h5,7,11,13,15-18H,1-4,6,8-10,12,14,19-20H2,(H,30,32)(H,31,33). The number of nitrogens with one attached hydrogen (secondary N) is 2. The minimum absolute atomic E-state index is 0.133. The van der Waals surface area contributed by atoms with Crippen molar-refractivity contribution in [3.05, 3.63) is 71.2 Å². The van der Waals surface area contributed by atoms with Gasteiger partial charge < -0.3 is 10.6 Å². The first-order valence-electron chi connectivity index (χ1n) is 12.4. The van der Waals surface area contributed by atoms with Gasteiger partial charge in [0.1, 0.15) is 5.82 Å². The summed E-state index contributed by atoms with van der Waals surface area (Å²) in [7, 11) is 0. The zero-order valence-corrected chi connectivity index (χ0v) is 19.3. The van der Waals surface area contributed by atoms with Crippen molar-refractivity contribution in [1.82, 2.24) is 10.3 Å². The average Bonchev–Trinajstić information content (AvgIpc) is 2.84. The molecule has 1 aromatic heterocycles. The molecule has 5 heteroatoms. The molecule has 0 saturated heterocycles. The van der Waals surface area contributed by atoms with Gasteiger partial charge in [-0.2, -0.15) is 0 Å². The number of unbranched alkanes of at least 4 members (excludes halogenated alkanes) is 5. The minimum Gasteiger partial charge on any atom is -0.384 e. The van der Waals surface area contributed by atoms with Crippen LogP contribution in [0.25, 0.3) is 10.9 Å². The summed E-state index contributed by atoms with van der Waals surface area (Å²) in [5.74, 6) is -0.456. The van der Waals surface area contributed by atoms with E-state index in [1.165, 1.54) is 78.7 Å². The van der Waals surface area contributed by atoms with E-state index in [1.807, 2.05) is 0 Å². The fourth-order valence-electron chi connectivity index (χ4n) is 4.65. The van der Waals surface area contributed by atoms with E-state index in [1.54, 1.807) is 0 Å². The first-order valence-corrected chi connectivity index (χ1v) is 12.4. The van der Waals surface area contributed by atoms with Crippen molar-refractivity contribution in [2.75, 3.05) is 18.4 Å². The third-order valence-corrected chi connectivity index (χ3v) is 6.47. The molecular weight excluding hydrogens is 413 g/mol. The van der Waals surface area contributed by atoms with Crippen LogP contribution in [0.2, 0.25) is 0 Å². The number of anilines is 1. The van der Waals surface area contributed by atoms with E-state index >= 15 is 0 Å². The molecule has 174 valence electrons. The van der Waals surface area contributed by atoms with E-state index < -0.39 is 0 Å². The molecule has 0 aliphatic heterocycles. The van der Waals surface area contributed by atoms with E-state index in [9.17, 15) is 9.18 Å². The third kappa shape index (κ3) is 6.31. The Labute approximate surface area is 196 Å². The summed E-state index contributed by atoms with van der Waals surface area (Å²) in [5, 5.41) is 7.91. The maximum absolute atomic E-state index is 12.9. The lowest BCUT2D eigenvalue weighted by Gasteiger charge is -2.21. The molecule has 0 saturated carbocycles. The summed E-state index contributed by atoms with van der Waals surface area (Å²) in [6, 6.07) is 14.2. The monoisotopic (exact) mass is 447 g/mol. The fourth-order valence-corrected chi connectivity index (χ4v) is 4.65. The Hall–Kier alpha value is -2.95. The van der Waals surface area contributed by atoms with Gasteiger partial charge in [-0.1, -0.05) is 43.9 Å². The van der Waals surface area contributed by atoms with E-state index in [2.05, 4.69) is 34.9 Å². The van der Waals surface area contributed by atoms with Crippen molar-refractivity contribution in [1.29, 1.82) is 0 Å². The second kappa shape index (κ2) is 11.8. The molecule has 1 aliphatic carbocycles. The number of carbonyl (C=O) groups is 1. The van der Waals surface area contributed by atoms with Gasteiger partial charge in [0, 0.05) is 35.4 Å². The zero-order valence-electron chi connectivity index (χ0n) is 19.3. The topological polar surface area (TPSA) is 54.0 Å². The van der Waals surface area contributed by atoms with Crippen molar-refractivity contribution in [2.45, 2.75) is 64.2 Å². The molecule has 33 heavy (non-hydrogen) atoms. The number of aromatic nitrogens is 1. The first kappa shape index (κ1) is 23.2. The van der Waals surface area contributed by atoms with Crippen LogP contribution in [-0.4, -0.2) is 24.0 Å². The predicted octanol–water partition coefficient (Wildman–Crippen LogP) is 6.44. The van der Waals surface area contributed by atoms with Crippen LogP contribution in [0.5, 0.6) is 0 Å². The maximum Gasteiger partial charge on any atom is 0.251 e. The number of para-hydroxylation sites is 1. The second-order valence-electron chi connectivity index (χ2n) is 8.95. The summed E-state index contributed by atoms with van der Waals surface area (Å²) in [4.78, 5) is 16.9. The smallest absolute Gasteiger partial charge is 0.251 e. The van der Waals surface area contributed by atoms with Crippen LogP contribution < -0.4 is 10.6 Å². The number of fused-ring (bicyclic) bond motifs is 2. The Bertz CT molecular complexity index is 1060. The number of nitrogens with zero attached hydrogens (tertiary/aromatic N) is 1. The number of benzene rings is 2. The number of carbonyl (C=O) groups excluding carboxylic acids is 1. The molecule has 0 unspecified atom stereocenters. The first-order chi connectivity index (χ1) is 16.2. The van der Waals surface area contributed by atoms with E-state index in [0.29, 0.717) is 12.1 Å². The summed E-state index contributed by atoms with van der Waals surface area (Å²) < 4.78 is 12.9. The Kier molecular flexibility index (Phi) is 8.29. The van der Waals surface area contributed by atoms with Crippen molar-refractivity contribution in [3.63, 3.8) is 0 Å². The number of amides is 1. The Morgan fingerprint density at radius 3 is 2.36 bits per heavy atom. The van der Waals surface area contributed by atoms with Gasteiger partial charge in [-0.05, 0) is 74.4 Å². The highest BCUT2D eigenvalue weighted by Crippen LogP contribution is 2.33. The fraction of sp³-hybridized carbons (Fsp3) is 0.429. The molecule has 1 aliphatic rings. The molecule has 4 nitrogen and oxygen atoms in total. The normalized spacial score (nSPS) is 13.0. The highest BCUT2D eigenvalue weighted by atomic mass is 19.1. The molecular formula is C28H34FN3O. The molecule has 2 N–H and O–H groups in total. The van der Waals surface area contributed by atoms with Gasteiger partial charge in [0.05, 0.1) is 5.52 Å². The Morgan fingerprint density at radius 1 is 0.848 bits per heavy atom. The van der Waals surface area contributed by atoms with Crippen molar-refractivity contribution < 1.29 is 9.18 Å². The van der Waals surface area contributed by atoms with Crippen LogP contribution in [0, 0.1) is 5.82 Å². The molecule has 1 amide bonds. The van der Waals surface area contributed by atoms with E-state index in [-0.39, 0.29) is 11.7 Å². The highest BCUT2D eigenvalue weighted by molar-refractivity contribution is 5.94. The predicted molar refractivity (Wildman–Crippen MR) is 133 cm³/mol. The van der Waals surface area contributed by atoms with Crippen molar-refractivity contribution in [3.8, 4) is 0 Å². The third-order valence-electron chi connectivity index (χ3n) is 6.47. The van der Waals surface area contributed by atoms with E-state index in [0.717, 1.165) is 44.2 Å². The lowest BCUT2D eigenvalue weighted by atomic mass is 9.92. The number of rotatable bonds is 11. The number of hydrogen-bond donors (Lipinski definition) is 2. The number of halogens is 1. The zero-order chi connectivity index (χ0) is 22.9. The van der Waals surface area contributed by atoms with Crippen molar-refractivity contribution in [2.24, 2.45) is 0 Å². The lowest BCUT2D eigenvalue weighted by Crippen LogP contribution is -2.24. The minimum atomic E-state index is -0.324. The van der Waals surface area contributed by atoms with Crippen LogP contribution in [0.15, 0.2) is 48.5 Å². The maximum atomic E-state index is 12.9. The van der Waals surface area contributed by atoms with Gasteiger partial charge in [0.25, 0.3) is 5.91 Å². The molecule has 0 radical (unpaired) electrons. The van der Waals surface area contributed by atoms with Gasteiger partial charge in [-0.15, -0.1) is 0 Å². The molecule has 0 spiro atoms. The summed E-state index contributed by atoms with van der Waals surface area (Å²) >= 11 is 0. The highest BCUT2D eigenvalue weighted by Gasteiger charge is 2.17. The van der Waals surface area contributed by atoms with Crippen LogP contribution in [-0.2, 0) is 12.8 Å². The average molecular weight is 448 g/mol. The molecule has 0 fully saturated rings. The van der Waals surface area contributed by atoms with Crippen LogP contribution >= 0.6 is 0 Å². The van der Waals surface area contributed by atoms with Crippen LogP contribution in [0.1, 0.15) is 73.0 Å². The van der Waals surface area contributed by atoms with Gasteiger partial charge in [0.2, 0.25) is 0 Å². The van der Waals surface area contributed by atoms with Gasteiger partial charge >= 0.3 is 0 Å². The molecule has 1 heterocycles. The van der Waals surface area contributed by atoms with Gasteiger partial charge in [0.15, 0.2) is 0 Å². The van der Waals surface area contributed by atoms with Gasteiger partial charge in [-0.3, -0.25) is 9.78 Å². The summed E-state index contributed by atoms with van der Waals surface area (Å²) in [5.41, 5.74) is 5.64. The summed E-state index contributed by atoms with van der Waals surface area (Å²) in [6.07, 6.45) is 11.6.